The number of aromatic nitrogens is 1. The summed E-state index contributed by atoms with van der Waals surface area (Å²) in [6.07, 6.45) is 4.29. The van der Waals surface area contributed by atoms with E-state index in [9.17, 15) is 56.7 Å². The van der Waals surface area contributed by atoms with Crippen LogP contribution >= 0.6 is 30.3 Å². The number of alkyl halides is 2. The molecule has 0 bridgehead atoms. The minimum Gasteiger partial charge on any atom is -0.346 e. The second-order valence-electron chi connectivity index (χ2n) is 19.3. The Morgan fingerprint density at radius 3 is 2.49 bits per heavy atom. The van der Waals surface area contributed by atoms with Crippen molar-refractivity contribution >= 4 is 87.4 Å². The molecule has 3 aliphatic heterocycles. The average Bonchev–Trinajstić information content (AvgIpc) is 4.28. The summed E-state index contributed by atoms with van der Waals surface area (Å²) in [5, 5.41) is 7.94. The number of halogens is 2. The smallest absolute Gasteiger partial charge is 0.346 e. The summed E-state index contributed by atoms with van der Waals surface area (Å²) in [4.78, 5) is 124. The van der Waals surface area contributed by atoms with Gasteiger partial charge in [0.2, 0.25) is 29.5 Å². The van der Waals surface area contributed by atoms with Gasteiger partial charge in [-0.2, -0.15) is 8.78 Å². The van der Waals surface area contributed by atoms with Crippen LogP contribution in [0.15, 0.2) is 109 Å². The number of unbranched alkanes of at least 4 members (excludes halogenated alkanes) is 1. The number of piperidine rings is 1. The molecule has 2 aromatic heterocycles. The molecule has 4 aromatic carbocycles. The summed E-state index contributed by atoms with van der Waals surface area (Å²) in [6, 6.07) is 23.4. The van der Waals surface area contributed by atoms with Crippen molar-refractivity contribution in [2.24, 2.45) is 0 Å². The number of carbonyl (C=O) groups excluding carboxylic acids is 7. The maximum absolute atomic E-state index is 15.0. The number of thiophene rings is 1. The average molecular weight is 1120 g/mol. The zero-order chi connectivity index (χ0) is 55.3. The molecule has 22 heteroatoms. The van der Waals surface area contributed by atoms with E-state index in [0.29, 0.717) is 65.7 Å². The van der Waals surface area contributed by atoms with Gasteiger partial charge in [0, 0.05) is 96.7 Å². The number of likely N-dealkylation sites (tertiary alicyclic amines) is 1. The number of thiazole rings is 1. The first kappa shape index (κ1) is 55.3. The van der Waals surface area contributed by atoms with E-state index >= 15 is 0 Å². The fourth-order valence-electron chi connectivity index (χ4n) is 9.92. The lowest BCUT2D eigenvalue weighted by Gasteiger charge is -2.33. The van der Waals surface area contributed by atoms with E-state index in [2.05, 4.69) is 27.5 Å². The van der Waals surface area contributed by atoms with Crippen LogP contribution in [0.4, 0.5) is 14.5 Å². The Hall–Kier alpha value is -7.47. The third-order valence-electron chi connectivity index (χ3n) is 14.1. The van der Waals surface area contributed by atoms with Crippen molar-refractivity contribution in [1.29, 1.82) is 0 Å². The van der Waals surface area contributed by atoms with Gasteiger partial charge in [-0.1, -0.05) is 54.3 Å². The third-order valence-corrected chi connectivity index (χ3v) is 17.1. The lowest BCUT2D eigenvalue weighted by atomic mass is 10.0. The molecule has 404 valence electrons. The maximum atomic E-state index is 15.0. The van der Waals surface area contributed by atoms with Gasteiger partial charge in [-0.25, -0.2) is 4.98 Å². The summed E-state index contributed by atoms with van der Waals surface area (Å²) >= 11 is 2.41. The van der Waals surface area contributed by atoms with Crippen molar-refractivity contribution < 1.29 is 56.7 Å². The van der Waals surface area contributed by atoms with Crippen molar-refractivity contribution in [3.05, 3.63) is 141 Å². The number of nitrogens with one attached hydrogen (secondary N) is 2. The summed E-state index contributed by atoms with van der Waals surface area (Å²) in [6.45, 7) is 0.739. The second-order valence-corrected chi connectivity index (χ2v) is 22.9. The number of benzene rings is 4. The van der Waals surface area contributed by atoms with Crippen LogP contribution in [-0.4, -0.2) is 116 Å². The molecule has 5 heterocycles. The highest BCUT2D eigenvalue weighted by atomic mass is 32.1. The minimum atomic E-state index is -5.86. The summed E-state index contributed by atoms with van der Waals surface area (Å²) in [5.41, 5.74) is -1.31. The Bertz CT molecular complexity index is 3400. The number of anilines is 1. The van der Waals surface area contributed by atoms with E-state index in [1.54, 1.807) is 42.4 Å². The van der Waals surface area contributed by atoms with Crippen molar-refractivity contribution in [3.63, 3.8) is 0 Å². The highest BCUT2D eigenvalue weighted by molar-refractivity contribution is 7.52. The Labute approximate surface area is 455 Å². The fraction of sp³-hybridized carbons (Fsp3) is 0.321. The van der Waals surface area contributed by atoms with Gasteiger partial charge in [-0.05, 0) is 110 Å². The number of nitrogens with zero attached hydrogens (tertiary/aromatic N) is 5. The van der Waals surface area contributed by atoms with Crippen LogP contribution in [0.3, 0.4) is 0 Å². The van der Waals surface area contributed by atoms with Crippen LogP contribution in [0.5, 0.6) is 0 Å². The molecule has 6 aromatic rings. The van der Waals surface area contributed by atoms with Crippen LogP contribution < -0.4 is 15.5 Å². The topological polar surface area (TPSA) is 227 Å². The first-order valence-corrected chi connectivity index (χ1v) is 28.6. The zero-order valence-corrected chi connectivity index (χ0v) is 44.8. The molecule has 0 aliphatic carbocycles. The quantitative estimate of drug-likeness (QED) is 0.0286. The molecular formula is C56H54F2N7O10PS2. The molecule has 1 unspecified atom stereocenters. The number of hydrogen-bond donors (Lipinski definition) is 4. The molecule has 17 nitrogen and oxygen atoms in total. The van der Waals surface area contributed by atoms with E-state index in [1.165, 1.54) is 38.2 Å². The number of carbonyl (C=O) groups is 7. The Kier molecular flexibility index (Phi) is 16.8. The highest BCUT2D eigenvalue weighted by Gasteiger charge is 2.50. The monoisotopic (exact) mass is 1120 g/mol. The van der Waals surface area contributed by atoms with Gasteiger partial charge >= 0.3 is 13.3 Å². The number of fused-ring (bicyclic) bond motifs is 2. The van der Waals surface area contributed by atoms with Crippen molar-refractivity contribution in [3.8, 4) is 22.4 Å². The molecule has 0 spiro atoms. The molecule has 3 aliphatic rings. The van der Waals surface area contributed by atoms with E-state index in [4.69, 9.17) is 0 Å². The number of amides is 7. The minimum absolute atomic E-state index is 0.0213. The van der Waals surface area contributed by atoms with Gasteiger partial charge in [0.1, 0.15) is 23.1 Å². The number of imide groups is 1. The molecule has 2 fully saturated rings. The van der Waals surface area contributed by atoms with Crippen molar-refractivity contribution in [1.82, 2.24) is 30.3 Å². The summed E-state index contributed by atoms with van der Waals surface area (Å²) in [7, 11) is -4.18. The number of hydrogen-bond acceptors (Lipinski definition) is 11. The lowest BCUT2D eigenvalue weighted by molar-refractivity contribution is -0.139. The highest BCUT2D eigenvalue weighted by Crippen LogP contribution is 2.59. The largest absolute Gasteiger partial charge is 0.399 e. The zero-order valence-electron chi connectivity index (χ0n) is 42.2. The van der Waals surface area contributed by atoms with Crippen LogP contribution in [0.2, 0.25) is 0 Å². The number of rotatable bonds is 18. The predicted molar refractivity (Wildman–Crippen MR) is 289 cm³/mol. The summed E-state index contributed by atoms with van der Waals surface area (Å²) < 4.78 is 41.3. The SMILES string of the molecule is CN(CCCC#Cc1cccc2c1CN(C1CCC(=O)NC1=O)C2=O)C(=O)CCN(C(=O)[C@@H]1CCCN1C(=O)[C@H](CCc1ccccc1)NC(=O)c1cc2cc(C(F)(F)P(=O)(O)O)ccc2s1)c1ccc(-c2nccs2)cc1. The van der Waals surface area contributed by atoms with Crippen LogP contribution in [0.1, 0.15) is 93.7 Å². The van der Waals surface area contributed by atoms with Crippen LogP contribution in [-0.2, 0) is 47.2 Å². The van der Waals surface area contributed by atoms with Gasteiger partial charge in [-0.3, -0.25) is 43.4 Å². The molecule has 78 heavy (non-hydrogen) atoms. The molecule has 9 rings (SSSR count). The van der Waals surface area contributed by atoms with Gasteiger partial charge in [0.05, 0.1) is 4.88 Å². The van der Waals surface area contributed by atoms with Crippen LogP contribution in [0, 0.1) is 11.8 Å². The van der Waals surface area contributed by atoms with Crippen LogP contribution in [0.25, 0.3) is 20.7 Å². The van der Waals surface area contributed by atoms with E-state index in [-0.39, 0.29) is 73.3 Å². The van der Waals surface area contributed by atoms with Crippen molar-refractivity contribution in [2.75, 3.05) is 31.6 Å². The third kappa shape index (κ3) is 12.1. The lowest BCUT2D eigenvalue weighted by Crippen LogP contribution is -2.54. The standard InChI is InChI=1S/C56H54F2N7O10PS2/c1-62(28-7-3-6-12-36-13-8-14-41-42(36)34-65(53(41)70)44-23-25-48(66)61-50(44)68)49(67)26-30-63(40-20-17-37(18-21-40)52-59-27-31-77-52)55(72)45-15-9-29-64(45)54(71)43(22-16-35-10-4-2-5-11-35)60-51(69)47-33-38-32-39(19-24-46(38)78-47)56(57,58)76(73,74)75/h2,4-5,8,10-11,13-14,17-21,24,27,31-33,43-45H,3,7,9,15-16,22-23,25-26,28-30,34H2,1H3,(H,60,69)(H,61,66,68)(H2,73,74,75)/t43-,44?,45-/m0/s1. The molecule has 0 saturated carbocycles. The van der Waals surface area contributed by atoms with Gasteiger partial charge in [0.25, 0.3) is 11.8 Å². The maximum Gasteiger partial charge on any atom is 0.399 e. The molecule has 7 amide bonds. The summed E-state index contributed by atoms with van der Waals surface area (Å²) in [5.74, 6) is 3.35. The Balaban J connectivity index is 0.877. The second kappa shape index (κ2) is 23.6. The van der Waals surface area contributed by atoms with Gasteiger partial charge < -0.3 is 34.7 Å². The first-order chi connectivity index (χ1) is 37.4. The fourth-order valence-corrected chi connectivity index (χ4v) is 12.0. The van der Waals surface area contributed by atoms with E-state index < -0.39 is 60.6 Å². The van der Waals surface area contributed by atoms with Gasteiger partial charge in [0.15, 0.2) is 0 Å². The van der Waals surface area contributed by atoms with E-state index in [1.807, 2.05) is 53.9 Å². The Morgan fingerprint density at radius 2 is 1.76 bits per heavy atom. The Morgan fingerprint density at radius 1 is 0.974 bits per heavy atom. The molecule has 4 N–H and O–H groups in total. The number of aryl methyl sites for hydroxylation is 1. The molecule has 2 saturated heterocycles. The van der Waals surface area contributed by atoms with E-state index in [0.717, 1.165) is 39.6 Å². The van der Waals surface area contributed by atoms with Crippen molar-refractivity contribution in [2.45, 2.75) is 88.1 Å². The van der Waals surface area contributed by atoms with Gasteiger partial charge in [-0.15, -0.1) is 22.7 Å². The first-order valence-electron chi connectivity index (χ1n) is 25.3. The molecular weight excluding hydrogens is 1060 g/mol. The normalized spacial score (nSPS) is 16.8. The molecule has 0 radical (unpaired) electrons. The molecule has 3 atom stereocenters. The predicted octanol–water partition coefficient (Wildman–Crippen LogP) is 7.45.